The van der Waals surface area contributed by atoms with Crippen LogP contribution >= 0.6 is 0 Å². The van der Waals surface area contributed by atoms with Crippen LogP contribution in [0.15, 0.2) is 4.99 Å². The zero-order chi connectivity index (χ0) is 9.68. The Hall–Kier alpha value is -0.770. The van der Waals surface area contributed by atoms with Crippen LogP contribution in [0.1, 0.15) is 13.3 Å². The van der Waals surface area contributed by atoms with Crippen LogP contribution in [0.5, 0.6) is 0 Å². The van der Waals surface area contributed by atoms with Gasteiger partial charge in [-0.05, 0) is 13.0 Å². The average molecular weight is 184 g/mol. The third kappa shape index (κ3) is 2.88. The third-order valence-electron chi connectivity index (χ3n) is 2.47. The summed E-state index contributed by atoms with van der Waals surface area (Å²) in [4.78, 5) is 8.60. The lowest BCUT2D eigenvalue weighted by molar-refractivity contribution is 0.181. The third-order valence-corrected chi connectivity index (χ3v) is 2.47. The maximum atomic E-state index is 5.72. The fourth-order valence-electron chi connectivity index (χ4n) is 1.66. The van der Waals surface area contributed by atoms with Crippen LogP contribution in [0.3, 0.4) is 0 Å². The summed E-state index contributed by atoms with van der Waals surface area (Å²) in [6.07, 6.45) is 1.23. The molecular weight excluding hydrogens is 164 g/mol. The minimum absolute atomic E-state index is 0.677. The number of nitrogens with zero attached hydrogens (tertiary/aromatic N) is 3. The van der Waals surface area contributed by atoms with Crippen molar-refractivity contribution in [1.82, 2.24) is 9.80 Å². The van der Waals surface area contributed by atoms with Crippen molar-refractivity contribution >= 4 is 5.96 Å². The van der Waals surface area contributed by atoms with E-state index in [9.17, 15) is 0 Å². The number of guanidine groups is 1. The molecule has 1 fully saturated rings. The zero-order valence-electron chi connectivity index (χ0n) is 8.66. The number of hydrogen-bond acceptors (Lipinski definition) is 2. The Bertz CT molecular complexity index is 170. The molecule has 1 saturated heterocycles. The van der Waals surface area contributed by atoms with Gasteiger partial charge in [-0.15, -0.1) is 0 Å². The average Bonchev–Trinajstić information content (AvgIpc) is 2.18. The lowest BCUT2D eigenvalue weighted by Crippen LogP contribution is -2.51. The molecule has 0 atom stereocenters. The minimum atomic E-state index is 0.677. The molecule has 1 heterocycles. The van der Waals surface area contributed by atoms with Gasteiger partial charge in [0.15, 0.2) is 5.96 Å². The normalized spacial score (nSPS) is 20.8. The Balaban J connectivity index is 2.30. The first-order valence-corrected chi connectivity index (χ1v) is 4.97. The fraction of sp³-hybridized carbons (Fsp3) is 0.889. The summed E-state index contributed by atoms with van der Waals surface area (Å²) in [5, 5.41) is 0. The van der Waals surface area contributed by atoms with Gasteiger partial charge in [-0.25, -0.2) is 0 Å². The summed E-state index contributed by atoms with van der Waals surface area (Å²) in [5.74, 6) is 0.677. The van der Waals surface area contributed by atoms with E-state index in [1.165, 1.54) is 13.0 Å². The molecule has 0 spiro atoms. The standard InChI is InChI=1S/C9H20N4/c1-3-4-12-5-7-13(8-6-12)9(10)11-2/h3-8H2,1-2H3,(H2,10,11). The van der Waals surface area contributed by atoms with E-state index in [0.717, 1.165) is 26.2 Å². The first kappa shape index (κ1) is 10.3. The maximum absolute atomic E-state index is 5.72. The van der Waals surface area contributed by atoms with Crippen LogP contribution in [0.2, 0.25) is 0 Å². The summed E-state index contributed by atoms with van der Waals surface area (Å²) in [6, 6.07) is 0. The van der Waals surface area contributed by atoms with E-state index in [1.807, 2.05) is 0 Å². The number of rotatable bonds is 2. The van der Waals surface area contributed by atoms with Crippen molar-refractivity contribution in [1.29, 1.82) is 0 Å². The molecule has 0 bridgehead atoms. The van der Waals surface area contributed by atoms with E-state index in [0.29, 0.717) is 5.96 Å². The molecule has 0 aliphatic carbocycles. The molecule has 1 rings (SSSR count). The molecule has 76 valence electrons. The highest BCUT2D eigenvalue weighted by molar-refractivity contribution is 5.77. The van der Waals surface area contributed by atoms with Crippen molar-refractivity contribution < 1.29 is 0 Å². The van der Waals surface area contributed by atoms with E-state index >= 15 is 0 Å². The second kappa shape index (κ2) is 5.07. The molecule has 4 nitrogen and oxygen atoms in total. The van der Waals surface area contributed by atoms with Crippen molar-refractivity contribution in [3.63, 3.8) is 0 Å². The van der Waals surface area contributed by atoms with Gasteiger partial charge in [0.2, 0.25) is 0 Å². The molecule has 0 unspecified atom stereocenters. The molecule has 1 aliphatic rings. The van der Waals surface area contributed by atoms with Gasteiger partial charge in [0.1, 0.15) is 0 Å². The van der Waals surface area contributed by atoms with Gasteiger partial charge < -0.3 is 10.6 Å². The SMILES string of the molecule is CCCN1CCN(C(N)=NC)CC1. The highest BCUT2D eigenvalue weighted by Gasteiger charge is 2.16. The topological polar surface area (TPSA) is 44.9 Å². The number of piperazine rings is 1. The molecule has 0 aromatic heterocycles. The second-order valence-corrected chi connectivity index (χ2v) is 3.41. The van der Waals surface area contributed by atoms with Crippen molar-refractivity contribution in [2.45, 2.75) is 13.3 Å². The molecule has 0 amide bonds. The lowest BCUT2D eigenvalue weighted by Gasteiger charge is -2.34. The summed E-state index contributed by atoms with van der Waals surface area (Å²) in [5.41, 5.74) is 5.72. The fourth-order valence-corrected chi connectivity index (χ4v) is 1.66. The molecule has 0 saturated carbocycles. The van der Waals surface area contributed by atoms with E-state index < -0.39 is 0 Å². The Morgan fingerprint density at radius 1 is 1.31 bits per heavy atom. The molecular formula is C9H20N4. The van der Waals surface area contributed by atoms with Gasteiger partial charge in [0.05, 0.1) is 0 Å². The van der Waals surface area contributed by atoms with Gasteiger partial charge >= 0.3 is 0 Å². The summed E-state index contributed by atoms with van der Waals surface area (Å²) in [6.45, 7) is 7.69. The first-order chi connectivity index (χ1) is 6.27. The van der Waals surface area contributed by atoms with Gasteiger partial charge in [0, 0.05) is 33.2 Å². The first-order valence-electron chi connectivity index (χ1n) is 4.97. The maximum Gasteiger partial charge on any atom is 0.191 e. The molecule has 0 radical (unpaired) electrons. The highest BCUT2D eigenvalue weighted by Crippen LogP contribution is 2.01. The van der Waals surface area contributed by atoms with Crippen LogP contribution < -0.4 is 5.73 Å². The smallest absolute Gasteiger partial charge is 0.191 e. The van der Waals surface area contributed by atoms with Crippen molar-refractivity contribution in [3.05, 3.63) is 0 Å². The summed E-state index contributed by atoms with van der Waals surface area (Å²) < 4.78 is 0. The van der Waals surface area contributed by atoms with Crippen molar-refractivity contribution in [2.24, 2.45) is 10.7 Å². The van der Waals surface area contributed by atoms with Gasteiger partial charge in [0.25, 0.3) is 0 Å². The number of nitrogens with two attached hydrogens (primary N) is 1. The van der Waals surface area contributed by atoms with E-state index in [-0.39, 0.29) is 0 Å². The van der Waals surface area contributed by atoms with Crippen LogP contribution in [0.4, 0.5) is 0 Å². The molecule has 0 aromatic carbocycles. The Morgan fingerprint density at radius 2 is 1.92 bits per heavy atom. The van der Waals surface area contributed by atoms with E-state index in [2.05, 4.69) is 21.7 Å². The van der Waals surface area contributed by atoms with Crippen LogP contribution in [-0.4, -0.2) is 55.5 Å². The Morgan fingerprint density at radius 3 is 2.38 bits per heavy atom. The van der Waals surface area contributed by atoms with E-state index in [4.69, 9.17) is 5.73 Å². The number of hydrogen-bond donors (Lipinski definition) is 1. The quantitative estimate of drug-likeness (QED) is 0.484. The predicted octanol–water partition coefficient (Wildman–Crippen LogP) is -0.0415. The summed E-state index contributed by atoms with van der Waals surface area (Å²) in [7, 11) is 1.74. The van der Waals surface area contributed by atoms with Crippen LogP contribution in [0.25, 0.3) is 0 Å². The Kier molecular flexibility index (Phi) is 4.02. The number of aliphatic imine (C=N–C) groups is 1. The van der Waals surface area contributed by atoms with Gasteiger partial charge in [-0.3, -0.25) is 9.89 Å². The monoisotopic (exact) mass is 184 g/mol. The van der Waals surface area contributed by atoms with Gasteiger partial charge in [-0.2, -0.15) is 0 Å². The zero-order valence-corrected chi connectivity index (χ0v) is 8.66. The van der Waals surface area contributed by atoms with Crippen molar-refractivity contribution in [3.8, 4) is 0 Å². The van der Waals surface area contributed by atoms with E-state index in [1.54, 1.807) is 7.05 Å². The second-order valence-electron chi connectivity index (χ2n) is 3.41. The lowest BCUT2D eigenvalue weighted by atomic mass is 10.3. The predicted molar refractivity (Wildman–Crippen MR) is 55.9 cm³/mol. The van der Waals surface area contributed by atoms with Gasteiger partial charge in [-0.1, -0.05) is 6.92 Å². The molecule has 13 heavy (non-hydrogen) atoms. The minimum Gasteiger partial charge on any atom is -0.370 e. The molecule has 1 aliphatic heterocycles. The molecule has 0 aromatic rings. The van der Waals surface area contributed by atoms with Crippen LogP contribution in [0, 0.1) is 0 Å². The largest absolute Gasteiger partial charge is 0.370 e. The highest BCUT2D eigenvalue weighted by atomic mass is 15.3. The Labute approximate surface area is 80.4 Å². The summed E-state index contributed by atoms with van der Waals surface area (Å²) >= 11 is 0. The molecule has 2 N–H and O–H groups in total. The van der Waals surface area contributed by atoms with Crippen LogP contribution in [-0.2, 0) is 0 Å². The van der Waals surface area contributed by atoms with Crippen molar-refractivity contribution in [2.75, 3.05) is 39.8 Å². The molecule has 4 heteroatoms.